The number of hydrogen-bond acceptors (Lipinski definition) is 5. The van der Waals surface area contributed by atoms with Crippen molar-refractivity contribution >= 4 is 16.0 Å². The van der Waals surface area contributed by atoms with Gasteiger partial charge in [-0.3, -0.25) is 9.78 Å². The molecule has 2 atom stereocenters. The van der Waals surface area contributed by atoms with Crippen LogP contribution in [0.5, 0.6) is 0 Å². The van der Waals surface area contributed by atoms with Crippen LogP contribution in [-0.4, -0.2) is 60.3 Å². The lowest BCUT2D eigenvalue weighted by Gasteiger charge is -2.20. The number of carboxylic acids is 1. The molecule has 116 valence electrons. The van der Waals surface area contributed by atoms with Crippen LogP contribution in [0.2, 0.25) is 0 Å². The van der Waals surface area contributed by atoms with E-state index in [2.05, 4.69) is 4.98 Å². The number of methoxy groups -OCH3 is 1. The molecule has 1 fully saturated rings. The van der Waals surface area contributed by atoms with E-state index in [9.17, 15) is 18.3 Å². The highest BCUT2D eigenvalue weighted by Gasteiger charge is 2.43. The molecule has 0 amide bonds. The highest BCUT2D eigenvalue weighted by atomic mass is 32.2. The molecule has 0 radical (unpaired) electrons. The van der Waals surface area contributed by atoms with Crippen LogP contribution in [0.15, 0.2) is 24.5 Å². The van der Waals surface area contributed by atoms with Crippen LogP contribution in [0.4, 0.5) is 0 Å². The predicted molar refractivity (Wildman–Crippen MR) is 75.3 cm³/mol. The number of hydrogen-bond donors (Lipinski definition) is 1. The smallest absolute Gasteiger partial charge is 0.322 e. The largest absolute Gasteiger partial charge is 0.480 e. The number of nitrogens with zero attached hydrogens (tertiary/aromatic N) is 2. The van der Waals surface area contributed by atoms with Crippen molar-refractivity contribution in [1.82, 2.24) is 9.29 Å². The van der Waals surface area contributed by atoms with Gasteiger partial charge in [0, 0.05) is 32.5 Å². The highest BCUT2D eigenvalue weighted by Crippen LogP contribution is 2.24. The standard InChI is InChI=1S/C13H18N2O5S/c1-20-11-8-12(13(16)17)15(9-11)21(18,19)7-4-10-2-5-14-6-3-10/h2-3,5-6,11-12H,4,7-9H2,1H3,(H,16,17). The average Bonchev–Trinajstić information content (AvgIpc) is 2.92. The van der Waals surface area contributed by atoms with Crippen LogP contribution < -0.4 is 0 Å². The summed E-state index contributed by atoms with van der Waals surface area (Å²) in [6, 6.07) is 2.44. The van der Waals surface area contributed by atoms with E-state index in [4.69, 9.17) is 4.74 Å². The molecule has 0 aromatic carbocycles. The second-order valence-electron chi connectivity index (χ2n) is 4.94. The Kier molecular flexibility index (Phi) is 4.92. The Morgan fingerprint density at radius 3 is 2.71 bits per heavy atom. The summed E-state index contributed by atoms with van der Waals surface area (Å²) < 4.78 is 30.9. The lowest BCUT2D eigenvalue weighted by Crippen LogP contribution is -2.42. The summed E-state index contributed by atoms with van der Waals surface area (Å²) >= 11 is 0. The molecule has 1 N–H and O–H groups in total. The minimum absolute atomic E-state index is 0.0894. The van der Waals surface area contributed by atoms with E-state index in [0.29, 0.717) is 6.42 Å². The van der Waals surface area contributed by atoms with Gasteiger partial charge in [-0.2, -0.15) is 4.31 Å². The number of rotatable bonds is 6. The predicted octanol–water partition coefficient (Wildman–Crippen LogP) is 0.128. The zero-order valence-electron chi connectivity index (χ0n) is 11.7. The van der Waals surface area contributed by atoms with Crippen LogP contribution in [0.1, 0.15) is 12.0 Å². The van der Waals surface area contributed by atoms with E-state index >= 15 is 0 Å². The van der Waals surface area contributed by atoms with E-state index < -0.39 is 22.0 Å². The lowest BCUT2D eigenvalue weighted by atomic mass is 10.2. The van der Waals surface area contributed by atoms with Crippen molar-refractivity contribution in [2.24, 2.45) is 0 Å². The molecule has 8 heteroatoms. The molecule has 1 aromatic rings. The van der Waals surface area contributed by atoms with E-state index in [1.165, 1.54) is 7.11 Å². The maximum atomic E-state index is 12.4. The molecule has 0 saturated carbocycles. The molecule has 0 spiro atoms. The molecule has 1 aliphatic rings. The monoisotopic (exact) mass is 314 g/mol. The number of aromatic nitrogens is 1. The van der Waals surface area contributed by atoms with Gasteiger partial charge >= 0.3 is 5.97 Å². The molecule has 1 aromatic heterocycles. The molecule has 1 saturated heterocycles. The van der Waals surface area contributed by atoms with Crippen LogP contribution in [0.25, 0.3) is 0 Å². The Hall–Kier alpha value is -1.51. The summed E-state index contributed by atoms with van der Waals surface area (Å²) in [5.74, 6) is -1.26. The van der Waals surface area contributed by atoms with Gasteiger partial charge in [-0.1, -0.05) is 0 Å². The molecule has 2 heterocycles. The maximum absolute atomic E-state index is 12.4. The van der Waals surface area contributed by atoms with Crippen LogP contribution in [0.3, 0.4) is 0 Å². The summed E-state index contributed by atoms with van der Waals surface area (Å²) in [7, 11) is -2.19. The third-order valence-corrected chi connectivity index (χ3v) is 5.43. The highest BCUT2D eigenvalue weighted by molar-refractivity contribution is 7.89. The second-order valence-corrected chi connectivity index (χ2v) is 6.98. The number of carbonyl (C=O) groups is 1. The number of aliphatic carboxylic acids is 1. The van der Waals surface area contributed by atoms with Crippen LogP contribution in [-0.2, 0) is 26.0 Å². The van der Waals surface area contributed by atoms with Crippen LogP contribution in [0, 0.1) is 0 Å². The summed E-state index contributed by atoms with van der Waals surface area (Å²) in [5.41, 5.74) is 0.850. The fraction of sp³-hybridized carbons (Fsp3) is 0.538. The van der Waals surface area contributed by atoms with Gasteiger partial charge in [-0.05, 0) is 24.1 Å². The molecule has 1 aliphatic heterocycles. The Labute approximate surface area is 123 Å². The SMILES string of the molecule is COC1CC(C(=O)O)N(S(=O)(=O)CCc2ccncc2)C1. The minimum atomic E-state index is -3.64. The van der Waals surface area contributed by atoms with Gasteiger partial charge < -0.3 is 9.84 Å². The first kappa shape index (κ1) is 15.9. The zero-order valence-corrected chi connectivity index (χ0v) is 12.5. The van der Waals surface area contributed by atoms with Gasteiger partial charge in [0.05, 0.1) is 11.9 Å². The van der Waals surface area contributed by atoms with Gasteiger partial charge in [0.15, 0.2) is 0 Å². The molecule has 2 rings (SSSR count). The quantitative estimate of drug-likeness (QED) is 0.801. The fourth-order valence-electron chi connectivity index (χ4n) is 2.38. The Balaban J connectivity index is 2.09. The molecule has 2 unspecified atom stereocenters. The van der Waals surface area contributed by atoms with Crippen molar-refractivity contribution in [3.05, 3.63) is 30.1 Å². The molecular weight excluding hydrogens is 296 g/mol. The first-order valence-corrected chi connectivity index (χ1v) is 8.19. The third kappa shape index (κ3) is 3.78. The average molecular weight is 314 g/mol. The van der Waals surface area contributed by atoms with E-state index in [1.807, 2.05) is 0 Å². The van der Waals surface area contributed by atoms with Gasteiger partial charge in [0.25, 0.3) is 0 Å². The number of pyridine rings is 1. The summed E-state index contributed by atoms with van der Waals surface area (Å²) in [6.07, 6.45) is 3.32. The van der Waals surface area contributed by atoms with Crippen molar-refractivity contribution in [1.29, 1.82) is 0 Å². The summed E-state index contributed by atoms with van der Waals surface area (Å²) in [5, 5.41) is 9.18. The fourth-order valence-corrected chi connectivity index (χ4v) is 4.07. The Morgan fingerprint density at radius 2 is 2.14 bits per heavy atom. The first-order chi connectivity index (χ1) is 9.94. The molecule has 0 bridgehead atoms. The second kappa shape index (κ2) is 6.50. The van der Waals surface area contributed by atoms with Gasteiger partial charge in [-0.15, -0.1) is 0 Å². The summed E-state index contributed by atoms with van der Waals surface area (Å²) in [6.45, 7) is 0.0894. The van der Waals surface area contributed by atoms with Gasteiger partial charge in [-0.25, -0.2) is 8.42 Å². The number of aryl methyl sites for hydroxylation is 1. The van der Waals surface area contributed by atoms with E-state index in [1.54, 1.807) is 24.5 Å². The molecular formula is C13H18N2O5S. The number of ether oxygens (including phenoxy) is 1. The molecule has 7 nitrogen and oxygen atoms in total. The normalized spacial score (nSPS) is 23.3. The van der Waals surface area contributed by atoms with E-state index in [-0.39, 0.29) is 24.8 Å². The van der Waals surface area contributed by atoms with Gasteiger partial charge in [0.1, 0.15) is 6.04 Å². The van der Waals surface area contributed by atoms with Gasteiger partial charge in [0.2, 0.25) is 10.0 Å². The third-order valence-electron chi connectivity index (χ3n) is 3.59. The summed E-state index contributed by atoms with van der Waals surface area (Å²) in [4.78, 5) is 15.1. The lowest BCUT2D eigenvalue weighted by molar-refractivity contribution is -0.140. The van der Waals surface area contributed by atoms with Crippen molar-refractivity contribution in [2.75, 3.05) is 19.4 Å². The first-order valence-electron chi connectivity index (χ1n) is 6.58. The molecule has 21 heavy (non-hydrogen) atoms. The Bertz CT molecular complexity index is 590. The Morgan fingerprint density at radius 1 is 1.48 bits per heavy atom. The zero-order chi connectivity index (χ0) is 15.5. The topological polar surface area (TPSA) is 96.8 Å². The van der Waals surface area contributed by atoms with Crippen LogP contribution >= 0.6 is 0 Å². The van der Waals surface area contributed by atoms with E-state index in [0.717, 1.165) is 9.87 Å². The minimum Gasteiger partial charge on any atom is -0.480 e. The van der Waals surface area contributed by atoms with Crippen molar-refractivity contribution in [3.8, 4) is 0 Å². The number of carboxylic acid groups (broad SMARTS) is 1. The number of sulfonamides is 1. The van der Waals surface area contributed by atoms with Crippen molar-refractivity contribution < 1.29 is 23.1 Å². The van der Waals surface area contributed by atoms with Crippen molar-refractivity contribution in [2.45, 2.75) is 25.0 Å². The van der Waals surface area contributed by atoms with Crippen molar-refractivity contribution in [3.63, 3.8) is 0 Å². The maximum Gasteiger partial charge on any atom is 0.322 e. The molecule has 0 aliphatic carbocycles.